The van der Waals surface area contributed by atoms with Crippen LogP contribution in [0.2, 0.25) is 0 Å². The molecule has 10 heavy (non-hydrogen) atoms. The fourth-order valence-corrected chi connectivity index (χ4v) is 0.611. The van der Waals surface area contributed by atoms with Gasteiger partial charge in [0, 0.05) is 12.6 Å². The highest BCUT2D eigenvalue weighted by Gasteiger charge is 2.08. The Bertz CT molecular complexity index is 196. The zero-order chi connectivity index (χ0) is 7.40. The Kier molecular flexibility index (Phi) is 2.01. The first-order chi connectivity index (χ1) is 4.84. The second-order valence-corrected chi connectivity index (χ2v) is 1.77. The summed E-state index contributed by atoms with van der Waals surface area (Å²) in [6, 6.07) is 0. The molecule has 0 aromatic rings. The molecule has 4 N–H and O–H groups in total. The Balaban J connectivity index is 2.56. The molecule has 5 nitrogen and oxygen atoms in total. The minimum Gasteiger partial charge on any atom is -0.289 e. The van der Waals surface area contributed by atoms with E-state index in [1.54, 1.807) is 12.3 Å². The lowest BCUT2D eigenvalue weighted by atomic mass is 10.2. The number of rotatable bonds is 1. The van der Waals surface area contributed by atoms with Gasteiger partial charge in [-0.3, -0.25) is 15.6 Å². The molecular formula is C5H8N4O. The lowest BCUT2D eigenvalue weighted by molar-refractivity contribution is -0.115. The lowest BCUT2D eigenvalue weighted by Gasteiger charge is -2.04. The number of hydrogen-bond donors (Lipinski definition) is 3. The monoisotopic (exact) mass is 140 g/mol. The summed E-state index contributed by atoms with van der Waals surface area (Å²) < 4.78 is 0. The van der Waals surface area contributed by atoms with E-state index in [1.165, 1.54) is 0 Å². The first-order valence-electron chi connectivity index (χ1n) is 2.82. The number of hydrazine groups is 1. The number of hydrazone groups is 1. The molecule has 0 unspecified atom stereocenters. The third-order valence-corrected chi connectivity index (χ3v) is 1.10. The van der Waals surface area contributed by atoms with E-state index in [-0.39, 0.29) is 5.91 Å². The van der Waals surface area contributed by atoms with Gasteiger partial charge in [-0.2, -0.15) is 5.10 Å². The standard InChI is InChI=1S/C5H8N4O/c6-8-5(10)4-2-1-3-7-9-4/h1,3,7H,2,6H2,(H,8,10). The second-order valence-electron chi connectivity index (χ2n) is 1.77. The molecule has 1 heterocycles. The molecule has 0 atom stereocenters. The van der Waals surface area contributed by atoms with E-state index >= 15 is 0 Å². The predicted molar refractivity (Wildman–Crippen MR) is 36.7 cm³/mol. The molecule has 1 aliphatic heterocycles. The molecule has 54 valence electrons. The molecule has 1 rings (SSSR count). The van der Waals surface area contributed by atoms with Crippen LogP contribution in [0.5, 0.6) is 0 Å². The van der Waals surface area contributed by atoms with Gasteiger partial charge in [0.05, 0.1) is 0 Å². The van der Waals surface area contributed by atoms with Gasteiger partial charge >= 0.3 is 0 Å². The Morgan fingerprint density at radius 3 is 3.20 bits per heavy atom. The van der Waals surface area contributed by atoms with Crippen molar-refractivity contribution in [3.8, 4) is 0 Å². The second kappa shape index (κ2) is 2.98. The molecule has 1 amide bonds. The average Bonchev–Trinajstić information content (AvgIpc) is 2.05. The van der Waals surface area contributed by atoms with Crippen molar-refractivity contribution < 1.29 is 4.79 Å². The quantitative estimate of drug-likeness (QED) is 0.244. The molecular weight excluding hydrogens is 132 g/mol. The summed E-state index contributed by atoms with van der Waals surface area (Å²) in [6.07, 6.45) is 3.97. The summed E-state index contributed by atoms with van der Waals surface area (Å²) in [5.41, 5.74) is 4.93. The average molecular weight is 140 g/mol. The number of allylic oxidation sites excluding steroid dienone is 1. The number of amides is 1. The van der Waals surface area contributed by atoms with E-state index in [0.717, 1.165) is 0 Å². The Hall–Kier alpha value is -1.36. The molecule has 0 fully saturated rings. The van der Waals surface area contributed by atoms with Crippen molar-refractivity contribution in [1.29, 1.82) is 0 Å². The van der Waals surface area contributed by atoms with Crippen molar-refractivity contribution in [2.75, 3.05) is 0 Å². The summed E-state index contributed by atoms with van der Waals surface area (Å²) in [4.78, 5) is 10.7. The van der Waals surface area contributed by atoms with Gasteiger partial charge in [-0.25, -0.2) is 5.84 Å². The molecule has 1 aliphatic rings. The van der Waals surface area contributed by atoms with Crippen LogP contribution in [0.1, 0.15) is 6.42 Å². The third-order valence-electron chi connectivity index (χ3n) is 1.10. The van der Waals surface area contributed by atoms with Crippen LogP contribution in [0.4, 0.5) is 0 Å². The Labute approximate surface area is 57.9 Å². The van der Waals surface area contributed by atoms with Crippen LogP contribution in [0, 0.1) is 0 Å². The van der Waals surface area contributed by atoms with Gasteiger partial charge in [0.15, 0.2) is 0 Å². The largest absolute Gasteiger partial charge is 0.289 e. The van der Waals surface area contributed by atoms with Crippen molar-refractivity contribution in [2.45, 2.75) is 6.42 Å². The Morgan fingerprint density at radius 1 is 1.90 bits per heavy atom. The molecule has 5 heteroatoms. The minimum absolute atomic E-state index is 0.350. The van der Waals surface area contributed by atoms with Crippen LogP contribution in [0.25, 0.3) is 0 Å². The SMILES string of the molecule is NNC(=O)C1=NNC=CC1. The number of carbonyl (C=O) groups is 1. The van der Waals surface area contributed by atoms with E-state index in [0.29, 0.717) is 12.1 Å². The maximum absolute atomic E-state index is 10.7. The van der Waals surface area contributed by atoms with Crippen molar-refractivity contribution in [3.63, 3.8) is 0 Å². The zero-order valence-corrected chi connectivity index (χ0v) is 5.29. The first-order valence-corrected chi connectivity index (χ1v) is 2.82. The fourth-order valence-electron chi connectivity index (χ4n) is 0.611. The molecule has 0 spiro atoms. The van der Waals surface area contributed by atoms with Crippen molar-refractivity contribution in [3.05, 3.63) is 12.3 Å². The van der Waals surface area contributed by atoms with Gasteiger partial charge in [0.2, 0.25) is 0 Å². The smallest absolute Gasteiger partial charge is 0.281 e. The van der Waals surface area contributed by atoms with Gasteiger partial charge < -0.3 is 0 Å². The summed E-state index contributed by atoms with van der Waals surface area (Å²) in [6.45, 7) is 0. The highest BCUT2D eigenvalue weighted by Crippen LogP contribution is 1.92. The van der Waals surface area contributed by atoms with Gasteiger partial charge in [-0.05, 0) is 0 Å². The van der Waals surface area contributed by atoms with Crippen LogP contribution in [0.3, 0.4) is 0 Å². The molecule has 0 aromatic heterocycles. The van der Waals surface area contributed by atoms with Gasteiger partial charge in [0.1, 0.15) is 5.71 Å². The Morgan fingerprint density at radius 2 is 2.70 bits per heavy atom. The van der Waals surface area contributed by atoms with Crippen LogP contribution in [-0.2, 0) is 4.79 Å². The summed E-state index contributed by atoms with van der Waals surface area (Å²) in [5.74, 6) is 4.52. The molecule has 0 saturated heterocycles. The summed E-state index contributed by atoms with van der Waals surface area (Å²) >= 11 is 0. The van der Waals surface area contributed by atoms with E-state index < -0.39 is 0 Å². The zero-order valence-electron chi connectivity index (χ0n) is 5.29. The highest BCUT2D eigenvalue weighted by atomic mass is 16.2. The summed E-state index contributed by atoms with van der Waals surface area (Å²) in [5, 5.41) is 3.69. The molecule has 0 radical (unpaired) electrons. The predicted octanol–water partition coefficient (Wildman–Crippen LogP) is -1.16. The topological polar surface area (TPSA) is 79.5 Å². The fraction of sp³-hybridized carbons (Fsp3) is 0.200. The molecule has 0 aromatic carbocycles. The number of nitrogens with one attached hydrogen (secondary N) is 2. The van der Waals surface area contributed by atoms with Crippen molar-refractivity contribution >= 4 is 11.6 Å². The van der Waals surface area contributed by atoms with Crippen molar-refractivity contribution in [2.24, 2.45) is 10.9 Å². The van der Waals surface area contributed by atoms with Crippen molar-refractivity contribution in [1.82, 2.24) is 10.9 Å². The maximum Gasteiger partial charge on any atom is 0.281 e. The molecule has 0 aliphatic carbocycles. The van der Waals surface area contributed by atoms with E-state index in [2.05, 4.69) is 10.5 Å². The first kappa shape index (κ1) is 6.76. The number of nitrogens with two attached hydrogens (primary N) is 1. The van der Waals surface area contributed by atoms with Gasteiger partial charge in [-0.15, -0.1) is 0 Å². The highest BCUT2D eigenvalue weighted by molar-refractivity contribution is 6.39. The maximum atomic E-state index is 10.7. The van der Waals surface area contributed by atoms with Gasteiger partial charge in [0.25, 0.3) is 5.91 Å². The van der Waals surface area contributed by atoms with Gasteiger partial charge in [-0.1, -0.05) is 6.08 Å². The van der Waals surface area contributed by atoms with Crippen LogP contribution < -0.4 is 16.7 Å². The minimum atomic E-state index is -0.350. The number of hydrogen-bond acceptors (Lipinski definition) is 4. The number of nitrogens with zero attached hydrogens (tertiary/aromatic N) is 1. The van der Waals surface area contributed by atoms with Crippen LogP contribution in [0.15, 0.2) is 17.4 Å². The lowest BCUT2D eigenvalue weighted by Crippen LogP contribution is -2.37. The normalized spacial score (nSPS) is 15.5. The number of carbonyl (C=O) groups excluding carboxylic acids is 1. The van der Waals surface area contributed by atoms with Crippen LogP contribution in [-0.4, -0.2) is 11.6 Å². The summed E-state index contributed by atoms with van der Waals surface area (Å²) in [7, 11) is 0. The molecule has 0 saturated carbocycles. The van der Waals surface area contributed by atoms with E-state index in [4.69, 9.17) is 5.84 Å². The molecule has 0 bridgehead atoms. The third kappa shape index (κ3) is 1.32. The van der Waals surface area contributed by atoms with Crippen LogP contribution >= 0.6 is 0 Å². The van der Waals surface area contributed by atoms with E-state index in [1.807, 2.05) is 5.43 Å². The van der Waals surface area contributed by atoms with E-state index in [9.17, 15) is 4.79 Å².